The zero-order chi connectivity index (χ0) is 19.7. The molecule has 0 spiro atoms. The summed E-state index contributed by atoms with van der Waals surface area (Å²) < 4.78 is 0. The van der Waals surface area contributed by atoms with Gasteiger partial charge in [0.1, 0.15) is 11.5 Å². The molecule has 2 aromatic rings. The first-order chi connectivity index (χ1) is 13.6. The third-order valence-electron chi connectivity index (χ3n) is 5.40. The van der Waals surface area contributed by atoms with Gasteiger partial charge >= 0.3 is 0 Å². The number of hydrogen-bond donors (Lipinski definition) is 2. The predicted octanol–water partition coefficient (Wildman–Crippen LogP) is 3.08. The molecule has 2 amide bonds. The van der Waals surface area contributed by atoms with Crippen LogP contribution in [0.1, 0.15) is 38.2 Å². The number of rotatable bonds is 5. The molecule has 7 nitrogen and oxygen atoms in total. The van der Waals surface area contributed by atoms with Crippen molar-refractivity contribution >= 4 is 34.2 Å². The van der Waals surface area contributed by atoms with Crippen LogP contribution in [0.15, 0.2) is 24.4 Å². The lowest BCUT2D eigenvalue weighted by atomic mass is 9.89. The summed E-state index contributed by atoms with van der Waals surface area (Å²) in [6, 6.07) is 5.95. The van der Waals surface area contributed by atoms with Crippen LogP contribution in [0.2, 0.25) is 0 Å². The van der Waals surface area contributed by atoms with Gasteiger partial charge in [-0.2, -0.15) is 5.26 Å². The van der Waals surface area contributed by atoms with Gasteiger partial charge in [0.15, 0.2) is 0 Å². The van der Waals surface area contributed by atoms with Crippen LogP contribution in [-0.2, 0) is 9.59 Å². The van der Waals surface area contributed by atoms with Gasteiger partial charge in [-0.15, -0.1) is 0 Å². The Balaban J connectivity index is 1.61. The second kappa shape index (κ2) is 7.47. The van der Waals surface area contributed by atoms with Crippen LogP contribution in [-0.4, -0.2) is 39.8 Å². The Kier molecular flexibility index (Phi) is 4.86. The van der Waals surface area contributed by atoms with Gasteiger partial charge in [-0.05, 0) is 42.0 Å². The number of carbonyl (C=O) groups excluding carboxylic acids is 2. The fraction of sp³-hybridized carbons (Fsp3) is 0.429. The number of nitrogens with one attached hydrogen (secondary N) is 2. The summed E-state index contributed by atoms with van der Waals surface area (Å²) in [7, 11) is 0. The molecule has 1 aliphatic carbocycles. The van der Waals surface area contributed by atoms with Crippen molar-refractivity contribution in [2.75, 3.05) is 18.4 Å². The minimum Gasteiger partial charge on any atom is -0.346 e. The molecule has 4 rings (SSSR count). The van der Waals surface area contributed by atoms with Crippen molar-refractivity contribution in [1.82, 2.24) is 14.9 Å². The molecule has 1 unspecified atom stereocenters. The molecule has 7 heteroatoms. The van der Waals surface area contributed by atoms with Crippen LogP contribution in [0.4, 0.5) is 5.82 Å². The van der Waals surface area contributed by atoms with Crippen LogP contribution in [0, 0.1) is 23.2 Å². The number of amides is 2. The van der Waals surface area contributed by atoms with Crippen molar-refractivity contribution < 1.29 is 9.59 Å². The normalized spacial score (nSPS) is 19.2. The quantitative estimate of drug-likeness (QED) is 0.836. The topological polar surface area (TPSA) is 102 Å². The van der Waals surface area contributed by atoms with E-state index in [4.69, 9.17) is 5.26 Å². The van der Waals surface area contributed by atoms with Crippen LogP contribution >= 0.6 is 0 Å². The highest BCUT2D eigenvalue weighted by Crippen LogP contribution is 2.35. The van der Waals surface area contributed by atoms with Crippen LogP contribution in [0.5, 0.6) is 0 Å². The molecule has 3 heterocycles. The fourth-order valence-corrected chi connectivity index (χ4v) is 3.73. The first kappa shape index (κ1) is 18.2. The summed E-state index contributed by atoms with van der Waals surface area (Å²) >= 11 is 0. The third-order valence-corrected chi connectivity index (χ3v) is 5.40. The summed E-state index contributed by atoms with van der Waals surface area (Å²) in [5.74, 6) is 0.868. The number of H-pyrrole nitrogens is 1. The van der Waals surface area contributed by atoms with E-state index in [0.29, 0.717) is 18.9 Å². The number of aromatic nitrogens is 2. The first-order valence-corrected chi connectivity index (χ1v) is 9.71. The van der Waals surface area contributed by atoms with Gasteiger partial charge in [0.25, 0.3) is 0 Å². The van der Waals surface area contributed by atoms with Gasteiger partial charge in [0.05, 0.1) is 6.07 Å². The molecule has 0 saturated heterocycles. The summed E-state index contributed by atoms with van der Waals surface area (Å²) in [6.07, 6.45) is 6.33. The van der Waals surface area contributed by atoms with Crippen LogP contribution in [0.25, 0.3) is 16.6 Å². The fourth-order valence-electron chi connectivity index (χ4n) is 3.73. The number of nitriles is 1. The molecular formula is C21H23N5O2. The molecule has 0 bridgehead atoms. The van der Waals surface area contributed by atoms with E-state index in [1.807, 2.05) is 24.4 Å². The minimum atomic E-state index is 0.0163. The summed E-state index contributed by atoms with van der Waals surface area (Å²) in [4.78, 5) is 33.9. The van der Waals surface area contributed by atoms with E-state index in [1.54, 1.807) is 4.90 Å². The molecule has 0 aromatic carbocycles. The van der Waals surface area contributed by atoms with Gasteiger partial charge < -0.3 is 15.2 Å². The highest BCUT2D eigenvalue weighted by Gasteiger charge is 2.30. The molecule has 0 radical (unpaired) electrons. The highest BCUT2D eigenvalue weighted by molar-refractivity contribution is 5.97. The average molecular weight is 377 g/mol. The molecular weight excluding hydrogens is 354 g/mol. The van der Waals surface area contributed by atoms with Crippen molar-refractivity contribution in [3.8, 4) is 6.07 Å². The maximum atomic E-state index is 12.2. The maximum Gasteiger partial charge on any atom is 0.228 e. The minimum absolute atomic E-state index is 0.0163. The second-order valence-electron chi connectivity index (χ2n) is 7.58. The predicted molar refractivity (Wildman–Crippen MR) is 106 cm³/mol. The van der Waals surface area contributed by atoms with Crippen LogP contribution < -0.4 is 5.32 Å². The van der Waals surface area contributed by atoms with Crippen molar-refractivity contribution in [2.24, 2.45) is 11.8 Å². The van der Waals surface area contributed by atoms with Crippen molar-refractivity contribution in [2.45, 2.75) is 32.6 Å². The molecule has 1 fully saturated rings. The Morgan fingerprint density at radius 2 is 2.25 bits per heavy atom. The highest BCUT2D eigenvalue weighted by atomic mass is 16.2. The first-order valence-electron chi connectivity index (χ1n) is 9.71. The molecule has 144 valence electrons. The van der Waals surface area contributed by atoms with Gasteiger partial charge in [-0.25, -0.2) is 4.98 Å². The lowest BCUT2D eigenvalue weighted by Gasteiger charge is -2.31. The molecule has 2 aliphatic rings. The lowest BCUT2D eigenvalue weighted by Crippen LogP contribution is -2.38. The summed E-state index contributed by atoms with van der Waals surface area (Å²) in [5.41, 5.74) is 2.93. The molecule has 1 saturated carbocycles. The zero-order valence-corrected chi connectivity index (χ0v) is 15.9. The van der Waals surface area contributed by atoms with Crippen molar-refractivity contribution in [3.63, 3.8) is 0 Å². The Bertz CT molecular complexity index is 996. The molecule has 1 atom stereocenters. The number of nitrogens with zero attached hydrogens (tertiary/aromatic N) is 3. The third kappa shape index (κ3) is 3.63. The SMILES string of the molecule is CC1CN(C(=O)CCC#N)CC=C1c1cc(NC(=O)C2CC2)nc2[nH]ccc12. The van der Waals surface area contributed by atoms with E-state index in [1.165, 1.54) is 0 Å². The van der Waals surface area contributed by atoms with E-state index in [2.05, 4.69) is 28.3 Å². The van der Waals surface area contributed by atoms with Gasteiger partial charge in [0, 0.05) is 43.4 Å². The Morgan fingerprint density at radius 1 is 1.43 bits per heavy atom. The molecule has 1 aliphatic heterocycles. The number of fused-ring (bicyclic) bond motifs is 1. The van der Waals surface area contributed by atoms with E-state index in [-0.39, 0.29) is 36.5 Å². The molecule has 2 N–H and O–H groups in total. The second-order valence-corrected chi connectivity index (χ2v) is 7.58. The maximum absolute atomic E-state index is 12.2. The zero-order valence-electron chi connectivity index (χ0n) is 15.9. The van der Waals surface area contributed by atoms with Gasteiger partial charge in [0.2, 0.25) is 11.8 Å². The van der Waals surface area contributed by atoms with E-state index < -0.39 is 0 Å². The Morgan fingerprint density at radius 3 is 2.96 bits per heavy atom. The van der Waals surface area contributed by atoms with Gasteiger partial charge in [-0.3, -0.25) is 9.59 Å². The van der Waals surface area contributed by atoms with Crippen molar-refractivity contribution in [1.29, 1.82) is 5.26 Å². The largest absolute Gasteiger partial charge is 0.346 e. The lowest BCUT2D eigenvalue weighted by molar-refractivity contribution is -0.131. The van der Waals surface area contributed by atoms with Crippen molar-refractivity contribution in [3.05, 3.63) is 30.0 Å². The van der Waals surface area contributed by atoms with E-state index in [0.717, 1.165) is 35.0 Å². The summed E-state index contributed by atoms with van der Waals surface area (Å²) in [5, 5.41) is 12.6. The molecule has 2 aromatic heterocycles. The number of aromatic amines is 1. The van der Waals surface area contributed by atoms with E-state index >= 15 is 0 Å². The number of pyridine rings is 1. The molecule has 28 heavy (non-hydrogen) atoms. The monoisotopic (exact) mass is 377 g/mol. The summed E-state index contributed by atoms with van der Waals surface area (Å²) in [6.45, 7) is 3.24. The smallest absolute Gasteiger partial charge is 0.228 e. The van der Waals surface area contributed by atoms with Crippen LogP contribution in [0.3, 0.4) is 0 Å². The number of carbonyl (C=O) groups is 2. The number of anilines is 1. The average Bonchev–Trinajstić information content (AvgIpc) is 3.43. The van der Waals surface area contributed by atoms with E-state index in [9.17, 15) is 9.59 Å². The van der Waals surface area contributed by atoms with Gasteiger partial charge in [-0.1, -0.05) is 13.0 Å². The Hall–Kier alpha value is -3.14. The standard InChI is InChI=1S/C21H23N5O2/c1-13-12-26(19(27)3-2-8-22)10-7-15(13)17-11-18(25-21(28)14-4-5-14)24-20-16(17)6-9-23-20/h6-7,9,11,13-14H,2-5,10,12H2,1H3,(H2,23,24,25,28). The number of hydrogen-bond acceptors (Lipinski definition) is 4. The Labute approximate surface area is 163 Å².